The van der Waals surface area contributed by atoms with Crippen LogP contribution in [0.1, 0.15) is 18.9 Å². The second-order valence-corrected chi connectivity index (χ2v) is 5.28. The largest absolute Gasteiger partial charge is 0.397 e. The van der Waals surface area contributed by atoms with Gasteiger partial charge in [0.05, 0.1) is 17.8 Å². The average molecular weight is 303 g/mol. The maximum absolute atomic E-state index is 12.6. The third-order valence-electron chi connectivity index (χ3n) is 3.28. The number of halogens is 1. The standard InChI is InChI=1S/C17H19ClN2O/c1-2-11-20(16-10-6-5-9-15(16)19)17(21)12-13-7-3-4-8-14(13)18/h3-10H,2,11-12,19H2,1H3. The van der Waals surface area contributed by atoms with Crippen LogP contribution in [0.25, 0.3) is 0 Å². The fraction of sp³-hybridized carbons (Fsp3) is 0.235. The number of anilines is 2. The van der Waals surface area contributed by atoms with E-state index in [2.05, 4.69) is 0 Å². The molecule has 0 atom stereocenters. The lowest BCUT2D eigenvalue weighted by Gasteiger charge is -2.24. The molecule has 0 aliphatic rings. The molecule has 0 fully saturated rings. The first-order valence-electron chi connectivity index (χ1n) is 7.01. The monoisotopic (exact) mass is 302 g/mol. The van der Waals surface area contributed by atoms with Crippen LogP contribution in [-0.2, 0) is 11.2 Å². The Balaban J connectivity index is 2.25. The summed E-state index contributed by atoms with van der Waals surface area (Å²) >= 11 is 6.13. The zero-order valence-corrected chi connectivity index (χ0v) is 12.8. The summed E-state index contributed by atoms with van der Waals surface area (Å²) in [5.41, 5.74) is 8.20. The molecule has 0 heterocycles. The molecule has 0 spiro atoms. The van der Waals surface area contributed by atoms with E-state index < -0.39 is 0 Å². The van der Waals surface area contributed by atoms with Gasteiger partial charge in [0, 0.05) is 11.6 Å². The van der Waals surface area contributed by atoms with E-state index in [4.69, 9.17) is 17.3 Å². The quantitative estimate of drug-likeness (QED) is 0.851. The van der Waals surface area contributed by atoms with Gasteiger partial charge in [0.1, 0.15) is 0 Å². The van der Waals surface area contributed by atoms with Gasteiger partial charge in [-0.25, -0.2) is 0 Å². The molecule has 2 N–H and O–H groups in total. The summed E-state index contributed by atoms with van der Waals surface area (Å²) in [5.74, 6) is 0.00264. The number of nitrogens with zero attached hydrogens (tertiary/aromatic N) is 1. The topological polar surface area (TPSA) is 46.3 Å². The van der Waals surface area contributed by atoms with Crippen LogP contribution in [0.4, 0.5) is 11.4 Å². The van der Waals surface area contributed by atoms with Crippen LogP contribution in [-0.4, -0.2) is 12.5 Å². The van der Waals surface area contributed by atoms with Gasteiger partial charge in [-0.05, 0) is 30.2 Å². The van der Waals surface area contributed by atoms with E-state index in [9.17, 15) is 4.79 Å². The number of para-hydroxylation sites is 2. The molecule has 0 bridgehead atoms. The van der Waals surface area contributed by atoms with Crippen LogP contribution in [0.3, 0.4) is 0 Å². The first-order chi connectivity index (χ1) is 10.1. The minimum absolute atomic E-state index is 0.00264. The lowest BCUT2D eigenvalue weighted by Crippen LogP contribution is -2.33. The summed E-state index contributed by atoms with van der Waals surface area (Å²) in [6.07, 6.45) is 1.14. The molecule has 0 radical (unpaired) electrons. The molecule has 0 aromatic heterocycles. The van der Waals surface area contributed by atoms with Crippen molar-refractivity contribution >= 4 is 28.9 Å². The highest BCUT2D eigenvalue weighted by atomic mass is 35.5. The summed E-state index contributed by atoms with van der Waals surface area (Å²) in [6.45, 7) is 2.67. The molecule has 0 aliphatic heterocycles. The molecule has 0 unspecified atom stereocenters. The highest BCUT2D eigenvalue weighted by Crippen LogP contribution is 2.24. The van der Waals surface area contributed by atoms with Gasteiger partial charge in [-0.2, -0.15) is 0 Å². The van der Waals surface area contributed by atoms with Crippen molar-refractivity contribution in [3.63, 3.8) is 0 Å². The average Bonchev–Trinajstić information content (AvgIpc) is 2.48. The lowest BCUT2D eigenvalue weighted by atomic mass is 10.1. The van der Waals surface area contributed by atoms with Crippen LogP contribution >= 0.6 is 11.6 Å². The number of amides is 1. The van der Waals surface area contributed by atoms with E-state index >= 15 is 0 Å². The highest BCUT2D eigenvalue weighted by Gasteiger charge is 2.18. The van der Waals surface area contributed by atoms with Gasteiger partial charge in [0.15, 0.2) is 0 Å². The number of hydrogen-bond donors (Lipinski definition) is 1. The zero-order chi connectivity index (χ0) is 15.2. The molecule has 0 saturated carbocycles. The first kappa shape index (κ1) is 15.4. The van der Waals surface area contributed by atoms with Gasteiger partial charge in [0.25, 0.3) is 0 Å². The SMILES string of the molecule is CCCN(C(=O)Cc1ccccc1Cl)c1ccccc1N. The number of nitrogens with two attached hydrogens (primary N) is 1. The molecule has 110 valence electrons. The third-order valence-corrected chi connectivity index (χ3v) is 3.64. The van der Waals surface area contributed by atoms with E-state index in [0.717, 1.165) is 17.7 Å². The van der Waals surface area contributed by atoms with Crippen molar-refractivity contribution in [2.24, 2.45) is 0 Å². The van der Waals surface area contributed by atoms with Crippen LogP contribution < -0.4 is 10.6 Å². The van der Waals surface area contributed by atoms with Crippen molar-refractivity contribution in [1.29, 1.82) is 0 Å². The number of carbonyl (C=O) groups is 1. The molecular formula is C17H19ClN2O. The Morgan fingerprint density at radius 3 is 2.48 bits per heavy atom. The van der Waals surface area contributed by atoms with Crippen molar-refractivity contribution in [3.8, 4) is 0 Å². The summed E-state index contributed by atoms with van der Waals surface area (Å²) < 4.78 is 0. The smallest absolute Gasteiger partial charge is 0.231 e. The summed E-state index contributed by atoms with van der Waals surface area (Å²) in [5, 5.41) is 0.614. The van der Waals surface area contributed by atoms with Gasteiger partial charge in [-0.1, -0.05) is 48.9 Å². The van der Waals surface area contributed by atoms with Crippen molar-refractivity contribution < 1.29 is 4.79 Å². The first-order valence-corrected chi connectivity index (χ1v) is 7.39. The van der Waals surface area contributed by atoms with Crippen LogP contribution in [0.15, 0.2) is 48.5 Å². The number of carbonyl (C=O) groups excluding carboxylic acids is 1. The fourth-order valence-corrected chi connectivity index (χ4v) is 2.44. The molecule has 21 heavy (non-hydrogen) atoms. The Morgan fingerprint density at radius 2 is 1.81 bits per heavy atom. The molecule has 2 aromatic carbocycles. The van der Waals surface area contributed by atoms with Crippen molar-refractivity contribution in [2.45, 2.75) is 19.8 Å². The Hall–Kier alpha value is -2.00. The van der Waals surface area contributed by atoms with Crippen molar-refractivity contribution in [1.82, 2.24) is 0 Å². The predicted molar refractivity (Wildman–Crippen MR) is 88.7 cm³/mol. The van der Waals surface area contributed by atoms with Crippen molar-refractivity contribution in [2.75, 3.05) is 17.2 Å². The Morgan fingerprint density at radius 1 is 1.14 bits per heavy atom. The summed E-state index contributed by atoms with van der Waals surface area (Å²) in [4.78, 5) is 14.4. The van der Waals surface area contributed by atoms with Crippen molar-refractivity contribution in [3.05, 3.63) is 59.1 Å². The zero-order valence-electron chi connectivity index (χ0n) is 12.1. The lowest BCUT2D eigenvalue weighted by molar-refractivity contribution is -0.118. The predicted octanol–water partition coefficient (Wildman–Crippen LogP) is 3.91. The molecule has 2 aromatic rings. The van der Waals surface area contributed by atoms with E-state index in [1.165, 1.54) is 0 Å². The van der Waals surface area contributed by atoms with E-state index in [0.29, 0.717) is 17.3 Å². The van der Waals surface area contributed by atoms with Gasteiger partial charge in [0.2, 0.25) is 5.91 Å². The molecule has 3 nitrogen and oxygen atoms in total. The Kier molecular flexibility index (Phi) is 5.23. The maximum atomic E-state index is 12.6. The van der Waals surface area contributed by atoms with Gasteiger partial charge in [-0.15, -0.1) is 0 Å². The Labute approximate surface area is 130 Å². The van der Waals surface area contributed by atoms with Crippen LogP contribution in [0, 0.1) is 0 Å². The highest BCUT2D eigenvalue weighted by molar-refractivity contribution is 6.31. The summed E-state index contributed by atoms with van der Waals surface area (Å²) in [7, 11) is 0. The number of hydrogen-bond acceptors (Lipinski definition) is 2. The number of rotatable bonds is 5. The van der Waals surface area contributed by atoms with Gasteiger partial charge >= 0.3 is 0 Å². The normalized spacial score (nSPS) is 10.4. The Bertz CT molecular complexity index is 628. The van der Waals surface area contributed by atoms with Gasteiger partial charge < -0.3 is 10.6 Å². The molecule has 0 aliphatic carbocycles. The van der Waals surface area contributed by atoms with Crippen LogP contribution in [0.2, 0.25) is 5.02 Å². The summed E-state index contributed by atoms with van der Waals surface area (Å²) in [6, 6.07) is 14.8. The third kappa shape index (κ3) is 3.76. The van der Waals surface area contributed by atoms with E-state index in [1.54, 1.807) is 17.0 Å². The van der Waals surface area contributed by atoms with E-state index in [1.807, 2.05) is 43.3 Å². The second-order valence-electron chi connectivity index (χ2n) is 4.87. The number of benzene rings is 2. The van der Waals surface area contributed by atoms with E-state index in [-0.39, 0.29) is 12.3 Å². The second kappa shape index (κ2) is 7.14. The molecule has 4 heteroatoms. The number of nitrogen functional groups attached to an aromatic ring is 1. The minimum Gasteiger partial charge on any atom is -0.397 e. The molecule has 1 amide bonds. The van der Waals surface area contributed by atoms with Gasteiger partial charge in [-0.3, -0.25) is 4.79 Å². The molecule has 2 rings (SSSR count). The van der Waals surface area contributed by atoms with Crippen LogP contribution in [0.5, 0.6) is 0 Å². The maximum Gasteiger partial charge on any atom is 0.231 e. The minimum atomic E-state index is 0.00264. The fourth-order valence-electron chi connectivity index (χ4n) is 2.24. The molecular weight excluding hydrogens is 284 g/mol. The molecule has 0 saturated heterocycles.